The number of rotatable bonds is 8. The van der Waals surface area contributed by atoms with Crippen molar-refractivity contribution in [3.05, 3.63) is 53.3 Å². The number of hydrogen-bond acceptors (Lipinski definition) is 4. The number of nitrogens with one attached hydrogen (secondary N) is 1. The van der Waals surface area contributed by atoms with Crippen molar-refractivity contribution < 1.29 is 31.9 Å². The number of piperidine rings is 1. The third-order valence-electron chi connectivity index (χ3n) is 9.24. The molecule has 2 aliphatic heterocycles. The Morgan fingerprint density at radius 2 is 1.68 bits per heavy atom. The minimum atomic E-state index is -5.69. The largest absolute Gasteiger partial charge is 0.480 e. The first-order valence-electron chi connectivity index (χ1n) is 14.3. The molecule has 2 aromatic rings. The van der Waals surface area contributed by atoms with E-state index in [1.165, 1.54) is 12.0 Å². The molecule has 0 unspecified atom stereocenters. The van der Waals surface area contributed by atoms with Gasteiger partial charge in [0.15, 0.2) is 0 Å². The summed E-state index contributed by atoms with van der Waals surface area (Å²) in [6.07, 6.45) is 0.764. The van der Waals surface area contributed by atoms with Crippen LogP contribution in [0.2, 0.25) is 0 Å². The summed E-state index contributed by atoms with van der Waals surface area (Å²) in [7, 11) is 0. The highest BCUT2D eigenvalue weighted by molar-refractivity contribution is 5.74. The van der Waals surface area contributed by atoms with Gasteiger partial charge in [-0.05, 0) is 62.2 Å². The van der Waals surface area contributed by atoms with Crippen LogP contribution >= 0.6 is 0 Å². The molecule has 0 bridgehead atoms. The average molecular weight is 569 g/mol. The second-order valence-corrected chi connectivity index (χ2v) is 11.8. The van der Waals surface area contributed by atoms with Crippen LogP contribution in [0.4, 0.5) is 22.0 Å². The summed E-state index contributed by atoms with van der Waals surface area (Å²) in [6.45, 7) is 3.53. The molecule has 3 heterocycles. The van der Waals surface area contributed by atoms with E-state index in [0.29, 0.717) is 44.7 Å². The first-order valence-corrected chi connectivity index (χ1v) is 14.3. The number of hydrogen-bond donors (Lipinski definition) is 2. The Bertz CT molecular complexity index is 1130. The first kappa shape index (κ1) is 29.0. The molecule has 40 heavy (non-hydrogen) atoms. The van der Waals surface area contributed by atoms with Crippen molar-refractivity contribution in [3.8, 4) is 0 Å². The standard InChI is InChI=1S/C29H37F5N4O2/c30-28(31,29(32,33)34)25-15-24(35-36-25)20-11-13-37(14-12-20)16-22-17-38(18-23(22)19-7-3-1-4-8-19)26(27(39)40)21-9-5-2-6-10-21/h1,3-4,7-8,15,20-23,26H,2,5-6,9-14,16-18H2,(H,35,36)(H,39,40)/t22-,23+,26+/m0/s1. The number of carbonyl (C=O) groups is 1. The van der Waals surface area contributed by atoms with Crippen molar-refractivity contribution >= 4 is 5.97 Å². The SMILES string of the molecule is O=C(O)[C@@H](C1CCCCC1)N1C[C@H](CN2CCC(c3cc(C(F)(F)C(F)(F)F)n[nH]3)CC2)[C@@H](c2ccccc2)C1. The molecule has 3 fully saturated rings. The monoisotopic (exact) mass is 568 g/mol. The van der Waals surface area contributed by atoms with Crippen LogP contribution in [-0.4, -0.2) is 76.0 Å². The van der Waals surface area contributed by atoms with Gasteiger partial charge in [-0.15, -0.1) is 0 Å². The minimum Gasteiger partial charge on any atom is -0.480 e. The zero-order valence-corrected chi connectivity index (χ0v) is 22.4. The highest BCUT2D eigenvalue weighted by Crippen LogP contribution is 2.44. The summed E-state index contributed by atoms with van der Waals surface area (Å²) >= 11 is 0. The fourth-order valence-corrected chi connectivity index (χ4v) is 7.11. The molecule has 6 nitrogen and oxygen atoms in total. The molecule has 2 saturated heterocycles. The number of carboxylic acid groups (broad SMARTS) is 1. The van der Waals surface area contributed by atoms with Gasteiger partial charge in [-0.2, -0.15) is 27.1 Å². The number of aromatic nitrogens is 2. The number of aliphatic carboxylic acids is 1. The van der Waals surface area contributed by atoms with E-state index in [0.717, 1.165) is 38.3 Å². The predicted molar refractivity (Wildman–Crippen MR) is 139 cm³/mol. The predicted octanol–water partition coefficient (Wildman–Crippen LogP) is 5.99. The number of aromatic amines is 1. The summed E-state index contributed by atoms with van der Waals surface area (Å²) < 4.78 is 65.7. The lowest BCUT2D eigenvalue weighted by Crippen LogP contribution is -2.46. The molecule has 2 N–H and O–H groups in total. The highest BCUT2D eigenvalue weighted by Gasteiger charge is 2.60. The van der Waals surface area contributed by atoms with Crippen LogP contribution in [0.3, 0.4) is 0 Å². The van der Waals surface area contributed by atoms with Gasteiger partial charge in [0.25, 0.3) is 0 Å². The van der Waals surface area contributed by atoms with E-state index < -0.39 is 29.8 Å². The molecule has 1 saturated carbocycles. The van der Waals surface area contributed by atoms with Crippen LogP contribution in [0.5, 0.6) is 0 Å². The molecular weight excluding hydrogens is 531 g/mol. The van der Waals surface area contributed by atoms with Gasteiger partial charge >= 0.3 is 18.1 Å². The van der Waals surface area contributed by atoms with Gasteiger partial charge in [-0.3, -0.25) is 14.8 Å². The van der Waals surface area contributed by atoms with Crippen molar-refractivity contribution in [2.75, 3.05) is 32.7 Å². The fraction of sp³-hybridized carbons (Fsp3) is 0.655. The van der Waals surface area contributed by atoms with E-state index in [2.05, 4.69) is 32.1 Å². The van der Waals surface area contributed by atoms with Crippen LogP contribution in [0.15, 0.2) is 36.4 Å². The Kier molecular flexibility index (Phi) is 8.52. The van der Waals surface area contributed by atoms with Gasteiger partial charge in [0, 0.05) is 37.2 Å². The van der Waals surface area contributed by atoms with E-state index in [1.54, 1.807) is 0 Å². The van der Waals surface area contributed by atoms with Crippen molar-refractivity contribution in [3.63, 3.8) is 0 Å². The Morgan fingerprint density at radius 1 is 1.00 bits per heavy atom. The zero-order chi connectivity index (χ0) is 28.5. The topological polar surface area (TPSA) is 72.5 Å². The molecule has 0 radical (unpaired) electrons. The number of benzene rings is 1. The molecule has 11 heteroatoms. The van der Waals surface area contributed by atoms with E-state index in [4.69, 9.17) is 0 Å². The van der Waals surface area contributed by atoms with Gasteiger partial charge in [-0.25, -0.2) is 0 Å². The summed E-state index contributed by atoms with van der Waals surface area (Å²) in [5.74, 6) is -5.31. The lowest BCUT2D eigenvalue weighted by Gasteiger charge is -2.35. The van der Waals surface area contributed by atoms with Crippen LogP contribution in [0.25, 0.3) is 0 Å². The van der Waals surface area contributed by atoms with Gasteiger partial charge in [0.1, 0.15) is 11.7 Å². The fourth-order valence-electron chi connectivity index (χ4n) is 7.11. The van der Waals surface area contributed by atoms with Gasteiger partial charge in [0.05, 0.1) is 0 Å². The van der Waals surface area contributed by atoms with Crippen molar-refractivity contribution in [2.45, 2.75) is 74.9 Å². The van der Waals surface area contributed by atoms with Crippen LogP contribution in [-0.2, 0) is 10.7 Å². The van der Waals surface area contributed by atoms with Crippen LogP contribution in [0, 0.1) is 11.8 Å². The quantitative estimate of drug-likeness (QED) is 0.383. The molecule has 0 spiro atoms. The Morgan fingerprint density at radius 3 is 2.30 bits per heavy atom. The minimum absolute atomic E-state index is 0.168. The maximum absolute atomic E-state index is 13.7. The molecule has 1 aromatic heterocycles. The molecule has 220 valence electrons. The molecule has 0 amide bonds. The lowest BCUT2D eigenvalue weighted by atomic mass is 9.83. The van der Waals surface area contributed by atoms with Gasteiger partial charge < -0.3 is 10.0 Å². The number of carboxylic acids is 1. The van der Waals surface area contributed by atoms with Crippen molar-refractivity contribution in [2.24, 2.45) is 11.8 Å². The van der Waals surface area contributed by atoms with Crippen molar-refractivity contribution in [1.82, 2.24) is 20.0 Å². The third-order valence-corrected chi connectivity index (χ3v) is 9.24. The zero-order valence-electron chi connectivity index (χ0n) is 22.4. The summed E-state index contributed by atoms with van der Waals surface area (Å²) in [4.78, 5) is 16.9. The first-order chi connectivity index (χ1) is 19.0. The normalized spacial score (nSPS) is 25.3. The number of H-pyrrole nitrogens is 1. The molecular formula is C29H37F5N4O2. The Balaban J connectivity index is 1.25. The maximum Gasteiger partial charge on any atom is 0.459 e. The van der Waals surface area contributed by atoms with E-state index in [9.17, 15) is 31.9 Å². The van der Waals surface area contributed by atoms with Gasteiger partial charge in [-0.1, -0.05) is 49.6 Å². The number of halogens is 5. The van der Waals surface area contributed by atoms with E-state index in [-0.39, 0.29) is 23.7 Å². The van der Waals surface area contributed by atoms with Gasteiger partial charge in [0.2, 0.25) is 0 Å². The summed E-state index contributed by atoms with van der Waals surface area (Å²) in [5.41, 5.74) is 0.220. The number of nitrogens with zero attached hydrogens (tertiary/aromatic N) is 3. The Hall–Kier alpha value is -2.53. The van der Waals surface area contributed by atoms with E-state index in [1.807, 2.05) is 18.2 Å². The summed E-state index contributed by atoms with van der Waals surface area (Å²) in [5, 5.41) is 15.9. The molecule has 5 rings (SSSR count). The smallest absolute Gasteiger partial charge is 0.459 e. The third kappa shape index (κ3) is 6.05. The lowest BCUT2D eigenvalue weighted by molar-refractivity contribution is -0.290. The molecule has 3 aliphatic rings. The van der Waals surface area contributed by atoms with Crippen LogP contribution < -0.4 is 0 Å². The number of likely N-dealkylation sites (tertiary alicyclic amines) is 2. The molecule has 1 aromatic carbocycles. The summed E-state index contributed by atoms with van der Waals surface area (Å²) in [6, 6.07) is 10.6. The number of alkyl halides is 5. The Labute approximate surface area is 230 Å². The highest BCUT2D eigenvalue weighted by atomic mass is 19.4. The maximum atomic E-state index is 13.7. The second kappa shape index (κ2) is 11.8. The second-order valence-electron chi connectivity index (χ2n) is 11.8. The van der Waals surface area contributed by atoms with Crippen LogP contribution in [0.1, 0.15) is 73.7 Å². The molecule has 1 aliphatic carbocycles. The van der Waals surface area contributed by atoms with E-state index >= 15 is 0 Å². The van der Waals surface area contributed by atoms with Crippen molar-refractivity contribution in [1.29, 1.82) is 0 Å². The average Bonchev–Trinajstić information content (AvgIpc) is 3.58. The molecule has 3 atom stereocenters.